The summed E-state index contributed by atoms with van der Waals surface area (Å²) >= 11 is 0. The fraction of sp³-hybridized carbons (Fsp3) is 0.923. The molecule has 4 fully saturated rings. The van der Waals surface area contributed by atoms with Crippen LogP contribution in [0.2, 0.25) is 0 Å². The van der Waals surface area contributed by atoms with E-state index in [9.17, 15) is 19.8 Å². The molecule has 0 bridgehead atoms. The maximum absolute atomic E-state index is 13.5. The first-order valence-electron chi connectivity index (χ1n) is 12.7. The van der Waals surface area contributed by atoms with Gasteiger partial charge in [-0.3, -0.25) is 9.59 Å². The van der Waals surface area contributed by atoms with Gasteiger partial charge in [-0.25, -0.2) is 0 Å². The van der Waals surface area contributed by atoms with Crippen molar-refractivity contribution in [3.63, 3.8) is 0 Å². The van der Waals surface area contributed by atoms with Crippen molar-refractivity contribution in [3.8, 4) is 0 Å². The highest BCUT2D eigenvalue weighted by Gasteiger charge is 2.65. The van der Waals surface area contributed by atoms with Gasteiger partial charge >= 0.3 is 5.97 Å². The lowest BCUT2D eigenvalue weighted by molar-refractivity contribution is -0.182. The molecule has 4 aliphatic rings. The number of hydrogen-bond acceptors (Lipinski definition) is 5. The zero-order valence-electron chi connectivity index (χ0n) is 19.8. The minimum absolute atomic E-state index is 0.0483. The number of carbonyl (C=O) groups is 2. The van der Waals surface area contributed by atoms with Crippen LogP contribution < -0.4 is 0 Å². The molecule has 176 valence electrons. The predicted molar refractivity (Wildman–Crippen MR) is 118 cm³/mol. The summed E-state index contributed by atoms with van der Waals surface area (Å²) in [5.74, 6) is 1.64. The Bertz CT molecular complexity index is 706. The quantitative estimate of drug-likeness (QED) is 0.636. The molecule has 0 heterocycles. The van der Waals surface area contributed by atoms with Gasteiger partial charge in [0.25, 0.3) is 0 Å². The van der Waals surface area contributed by atoms with Crippen molar-refractivity contribution in [3.05, 3.63) is 0 Å². The molecular weight excluding hydrogens is 392 g/mol. The van der Waals surface area contributed by atoms with Crippen LogP contribution in [0.1, 0.15) is 85.5 Å². The molecule has 4 saturated carbocycles. The number of aliphatic hydroxyl groups is 2. The second-order valence-corrected chi connectivity index (χ2v) is 11.7. The third kappa shape index (κ3) is 3.68. The van der Waals surface area contributed by atoms with E-state index < -0.39 is 6.10 Å². The standard InChI is InChI=1S/C26H42O5/c1-5-31-23(30)9-6-15(2)18-7-8-19-24-20(14-22(29)26(18,19)4)25(3)11-10-17(27)12-16(25)13-21(24)28/h15-20,22,24,27,29H,5-14H2,1-4H3/t15-,16+,17-,18-,19+,20+,22+,24+,25+,26-/m1/s1. The number of Topliss-reactive ketones (excluding diaryl/α,β-unsaturated/α-hetero) is 1. The van der Waals surface area contributed by atoms with E-state index in [2.05, 4.69) is 20.8 Å². The monoisotopic (exact) mass is 434 g/mol. The van der Waals surface area contributed by atoms with Crippen molar-refractivity contribution < 1.29 is 24.5 Å². The number of hydrogen-bond donors (Lipinski definition) is 2. The lowest BCUT2D eigenvalue weighted by Crippen LogP contribution is -2.61. The molecule has 0 aromatic carbocycles. The van der Waals surface area contributed by atoms with E-state index in [-0.39, 0.29) is 46.6 Å². The van der Waals surface area contributed by atoms with Gasteiger partial charge in [0.05, 0.1) is 18.8 Å². The van der Waals surface area contributed by atoms with Gasteiger partial charge in [-0.1, -0.05) is 20.8 Å². The molecule has 10 atom stereocenters. The van der Waals surface area contributed by atoms with Gasteiger partial charge in [0.15, 0.2) is 0 Å². The van der Waals surface area contributed by atoms with Crippen molar-refractivity contribution in [2.75, 3.05) is 6.61 Å². The molecule has 5 nitrogen and oxygen atoms in total. The number of fused-ring (bicyclic) bond motifs is 5. The van der Waals surface area contributed by atoms with Gasteiger partial charge < -0.3 is 14.9 Å². The highest BCUT2D eigenvalue weighted by Crippen LogP contribution is 2.67. The molecule has 0 saturated heterocycles. The number of rotatable bonds is 5. The molecule has 0 amide bonds. The van der Waals surface area contributed by atoms with Crippen LogP contribution in [-0.4, -0.2) is 40.8 Å². The van der Waals surface area contributed by atoms with Crippen molar-refractivity contribution in [2.24, 2.45) is 46.3 Å². The second kappa shape index (κ2) is 8.44. The first kappa shape index (κ1) is 23.2. The molecule has 0 aromatic rings. The topological polar surface area (TPSA) is 83.8 Å². The van der Waals surface area contributed by atoms with Crippen LogP contribution in [0.3, 0.4) is 0 Å². The van der Waals surface area contributed by atoms with Crippen molar-refractivity contribution >= 4 is 11.8 Å². The SMILES string of the molecule is CCOC(=O)CC[C@@H](C)[C@H]1CC[C@H]2[C@@H]3C(=O)C[C@@H]4C[C@H](O)CC[C@]4(C)[C@H]3C[C@H](O)[C@]12C. The first-order valence-corrected chi connectivity index (χ1v) is 12.7. The lowest BCUT2D eigenvalue weighted by atomic mass is 9.43. The number of aliphatic hydroxyl groups excluding tert-OH is 2. The van der Waals surface area contributed by atoms with Crippen LogP contribution in [0.4, 0.5) is 0 Å². The van der Waals surface area contributed by atoms with Crippen LogP contribution in [0.25, 0.3) is 0 Å². The van der Waals surface area contributed by atoms with Gasteiger partial charge in [0.2, 0.25) is 0 Å². The Labute approximate surface area is 187 Å². The normalized spacial score (nSPS) is 47.8. The van der Waals surface area contributed by atoms with Gasteiger partial charge in [0, 0.05) is 24.2 Å². The molecule has 5 heteroatoms. The van der Waals surface area contributed by atoms with Crippen molar-refractivity contribution in [1.29, 1.82) is 0 Å². The van der Waals surface area contributed by atoms with Gasteiger partial charge in [0.1, 0.15) is 5.78 Å². The van der Waals surface area contributed by atoms with Crippen LogP contribution in [-0.2, 0) is 14.3 Å². The lowest BCUT2D eigenvalue weighted by Gasteiger charge is -2.61. The average Bonchev–Trinajstić information content (AvgIpc) is 3.07. The largest absolute Gasteiger partial charge is 0.466 e. The highest BCUT2D eigenvalue weighted by molar-refractivity contribution is 5.83. The molecule has 0 spiro atoms. The fourth-order valence-corrected chi connectivity index (χ4v) is 8.62. The highest BCUT2D eigenvalue weighted by atomic mass is 16.5. The second-order valence-electron chi connectivity index (χ2n) is 11.7. The molecule has 0 aliphatic heterocycles. The Morgan fingerprint density at radius 1 is 1.16 bits per heavy atom. The van der Waals surface area contributed by atoms with E-state index in [1.807, 2.05) is 6.92 Å². The fourth-order valence-electron chi connectivity index (χ4n) is 8.62. The Morgan fingerprint density at radius 2 is 1.90 bits per heavy atom. The summed E-state index contributed by atoms with van der Waals surface area (Å²) in [6.45, 7) is 9.01. The summed E-state index contributed by atoms with van der Waals surface area (Å²) in [4.78, 5) is 25.3. The molecule has 31 heavy (non-hydrogen) atoms. The van der Waals surface area contributed by atoms with E-state index in [0.717, 1.165) is 38.5 Å². The summed E-state index contributed by atoms with van der Waals surface area (Å²) in [6.07, 6.45) is 6.34. The summed E-state index contributed by atoms with van der Waals surface area (Å²) in [5, 5.41) is 21.8. The van der Waals surface area contributed by atoms with Crippen LogP contribution in [0, 0.1) is 46.3 Å². The molecular formula is C26H42O5. The molecule has 2 N–H and O–H groups in total. The van der Waals surface area contributed by atoms with Crippen LogP contribution >= 0.6 is 0 Å². The van der Waals surface area contributed by atoms with Gasteiger partial charge in [-0.05, 0) is 86.9 Å². The van der Waals surface area contributed by atoms with E-state index in [1.54, 1.807) is 0 Å². The summed E-state index contributed by atoms with van der Waals surface area (Å²) in [6, 6.07) is 0. The number of esters is 1. The predicted octanol–water partition coefficient (Wildman–Crippen LogP) is 4.14. The third-order valence-electron chi connectivity index (χ3n) is 10.4. The number of ketones is 1. The number of ether oxygens (including phenoxy) is 1. The Hall–Kier alpha value is -0.940. The third-order valence-corrected chi connectivity index (χ3v) is 10.4. The molecule has 4 aliphatic carbocycles. The van der Waals surface area contributed by atoms with Crippen molar-refractivity contribution in [1.82, 2.24) is 0 Å². The minimum Gasteiger partial charge on any atom is -0.466 e. The molecule has 0 radical (unpaired) electrons. The smallest absolute Gasteiger partial charge is 0.305 e. The number of carbonyl (C=O) groups excluding carboxylic acids is 2. The summed E-state index contributed by atoms with van der Waals surface area (Å²) in [7, 11) is 0. The molecule has 0 unspecified atom stereocenters. The molecule has 4 rings (SSSR count). The van der Waals surface area contributed by atoms with E-state index >= 15 is 0 Å². The van der Waals surface area contributed by atoms with Gasteiger partial charge in [-0.2, -0.15) is 0 Å². The Balaban J connectivity index is 1.55. The summed E-state index contributed by atoms with van der Waals surface area (Å²) in [5.41, 5.74) is -0.212. The minimum atomic E-state index is -0.411. The van der Waals surface area contributed by atoms with Crippen LogP contribution in [0.5, 0.6) is 0 Å². The summed E-state index contributed by atoms with van der Waals surface area (Å²) < 4.78 is 5.11. The molecule has 0 aromatic heterocycles. The Kier molecular flexibility index (Phi) is 6.33. The van der Waals surface area contributed by atoms with Crippen molar-refractivity contribution in [2.45, 2.75) is 97.7 Å². The zero-order chi connectivity index (χ0) is 22.6. The maximum Gasteiger partial charge on any atom is 0.305 e. The van der Waals surface area contributed by atoms with E-state index in [1.165, 1.54) is 0 Å². The van der Waals surface area contributed by atoms with Gasteiger partial charge in [-0.15, -0.1) is 0 Å². The maximum atomic E-state index is 13.5. The van der Waals surface area contributed by atoms with Crippen LogP contribution in [0.15, 0.2) is 0 Å². The zero-order valence-corrected chi connectivity index (χ0v) is 19.8. The van der Waals surface area contributed by atoms with E-state index in [0.29, 0.717) is 43.5 Å². The first-order chi connectivity index (χ1) is 14.6. The van der Waals surface area contributed by atoms with E-state index in [4.69, 9.17) is 4.74 Å². The average molecular weight is 435 g/mol. The Morgan fingerprint density at radius 3 is 2.61 bits per heavy atom.